The zero-order chi connectivity index (χ0) is 35.8. The van der Waals surface area contributed by atoms with Crippen LogP contribution in [0.5, 0.6) is 0 Å². The molecule has 7 nitrogen and oxygen atoms in total. The van der Waals surface area contributed by atoms with E-state index in [0.717, 1.165) is 25.7 Å². The molecule has 0 rings (SSSR count). The van der Waals surface area contributed by atoms with Gasteiger partial charge < -0.3 is 20.1 Å². The molecule has 0 heterocycles. The number of unbranched alkanes of at least 4 members (excludes halogenated alkanes) is 24. The highest BCUT2D eigenvalue weighted by Crippen LogP contribution is 2.43. The first-order chi connectivity index (χ1) is 24.1. The third-order valence-electron chi connectivity index (χ3n) is 8.91. The summed E-state index contributed by atoms with van der Waals surface area (Å²) in [6.45, 7) is 6.22. The van der Waals surface area contributed by atoms with E-state index in [9.17, 15) is 9.46 Å². The van der Waals surface area contributed by atoms with Gasteiger partial charge in [0.25, 0.3) is 0 Å². The van der Waals surface area contributed by atoms with E-state index in [4.69, 9.17) is 24.3 Å². The topological polar surface area (TPSA) is 100 Å². The molecule has 0 fully saturated rings. The first kappa shape index (κ1) is 48.5. The molecule has 0 aliphatic heterocycles. The molecule has 292 valence electrons. The van der Waals surface area contributed by atoms with Crippen molar-refractivity contribution in [3.63, 3.8) is 0 Å². The molecule has 49 heavy (non-hydrogen) atoms. The lowest BCUT2D eigenvalue weighted by Crippen LogP contribution is -2.26. The minimum atomic E-state index is -4.14. The molecule has 2 atom stereocenters. The van der Waals surface area contributed by atoms with E-state index in [-0.39, 0.29) is 19.8 Å². The highest BCUT2D eigenvalue weighted by molar-refractivity contribution is 7.47. The van der Waals surface area contributed by atoms with Gasteiger partial charge in [0, 0.05) is 19.8 Å². The second kappa shape index (κ2) is 40.2. The number of hydrogen-bond donors (Lipinski definition) is 2. The molecule has 3 N–H and O–H groups in total. The van der Waals surface area contributed by atoms with E-state index < -0.39 is 13.9 Å². The van der Waals surface area contributed by atoms with Crippen molar-refractivity contribution in [2.24, 2.45) is 5.73 Å². The van der Waals surface area contributed by atoms with E-state index in [2.05, 4.69) is 38.2 Å². The van der Waals surface area contributed by atoms with E-state index in [1.54, 1.807) is 0 Å². The number of phosphoric ester groups is 1. The SMILES string of the molecule is CCCCCCCC/C=C\CCCCCCCCOCC(COP(=O)(O)OCCN)OCCCCCCCC/C=C\CCCCCCCC. The van der Waals surface area contributed by atoms with Crippen LogP contribution >= 0.6 is 7.82 Å². The van der Waals surface area contributed by atoms with Crippen LogP contribution in [0.4, 0.5) is 0 Å². The zero-order valence-electron chi connectivity index (χ0n) is 32.4. The monoisotopic (exact) mass is 716 g/mol. The van der Waals surface area contributed by atoms with Gasteiger partial charge in [-0.25, -0.2) is 4.57 Å². The summed E-state index contributed by atoms with van der Waals surface area (Å²) in [6.07, 6.45) is 44.7. The van der Waals surface area contributed by atoms with Crippen molar-refractivity contribution in [2.45, 2.75) is 200 Å². The van der Waals surface area contributed by atoms with Crippen LogP contribution < -0.4 is 5.73 Å². The molecule has 0 amide bonds. The summed E-state index contributed by atoms with van der Waals surface area (Å²) >= 11 is 0. The Labute approximate surface area is 304 Å². The maximum atomic E-state index is 12.1. The minimum absolute atomic E-state index is 0.0266. The van der Waals surface area contributed by atoms with Gasteiger partial charge in [0.05, 0.1) is 19.8 Å². The number of phosphoric acid groups is 1. The van der Waals surface area contributed by atoms with Crippen molar-refractivity contribution < 1.29 is 28.0 Å². The highest BCUT2D eigenvalue weighted by Gasteiger charge is 2.23. The highest BCUT2D eigenvalue weighted by atomic mass is 31.2. The van der Waals surface area contributed by atoms with Gasteiger partial charge in [-0.1, -0.05) is 154 Å². The maximum Gasteiger partial charge on any atom is 0.472 e. The van der Waals surface area contributed by atoms with Crippen LogP contribution in [-0.4, -0.2) is 50.6 Å². The van der Waals surface area contributed by atoms with E-state index in [1.165, 1.54) is 154 Å². The van der Waals surface area contributed by atoms with Gasteiger partial charge in [-0.05, 0) is 64.2 Å². The first-order valence-electron chi connectivity index (χ1n) is 20.9. The van der Waals surface area contributed by atoms with Gasteiger partial charge in [-0.15, -0.1) is 0 Å². The summed E-state index contributed by atoms with van der Waals surface area (Å²) in [6, 6.07) is 0. The Morgan fingerprint density at radius 2 is 0.898 bits per heavy atom. The number of rotatable bonds is 41. The predicted molar refractivity (Wildman–Crippen MR) is 210 cm³/mol. The molecular weight excluding hydrogens is 633 g/mol. The van der Waals surface area contributed by atoms with Gasteiger partial charge in [-0.2, -0.15) is 0 Å². The van der Waals surface area contributed by atoms with Crippen LogP contribution in [0.15, 0.2) is 24.3 Å². The smallest absolute Gasteiger partial charge is 0.379 e. The molecule has 0 aromatic heterocycles. The van der Waals surface area contributed by atoms with Crippen LogP contribution in [-0.2, 0) is 23.1 Å². The molecule has 0 aliphatic carbocycles. The van der Waals surface area contributed by atoms with Gasteiger partial charge in [0.2, 0.25) is 0 Å². The Morgan fingerprint density at radius 1 is 0.510 bits per heavy atom. The summed E-state index contributed by atoms with van der Waals surface area (Å²) in [4.78, 5) is 9.89. The summed E-state index contributed by atoms with van der Waals surface area (Å²) in [7, 11) is -4.14. The van der Waals surface area contributed by atoms with Crippen molar-refractivity contribution in [3.05, 3.63) is 24.3 Å². The fraction of sp³-hybridized carbons (Fsp3) is 0.902. The second-order valence-corrected chi connectivity index (χ2v) is 15.3. The van der Waals surface area contributed by atoms with Gasteiger partial charge >= 0.3 is 7.82 Å². The molecule has 0 bridgehead atoms. The van der Waals surface area contributed by atoms with Crippen molar-refractivity contribution in [2.75, 3.05) is 39.6 Å². The number of allylic oxidation sites excluding steroid dienone is 4. The van der Waals surface area contributed by atoms with Crippen molar-refractivity contribution >= 4 is 7.82 Å². The lowest BCUT2D eigenvalue weighted by Gasteiger charge is -2.20. The van der Waals surface area contributed by atoms with E-state index >= 15 is 0 Å². The molecule has 0 spiro atoms. The molecular formula is C41H82NO6P. The van der Waals surface area contributed by atoms with Crippen LogP contribution in [0, 0.1) is 0 Å². The Balaban J connectivity index is 3.93. The molecule has 0 saturated heterocycles. The molecule has 0 aliphatic rings. The molecule has 0 aromatic rings. The number of nitrogens with two attached hydrogens (primary N) is 1. The van der Waals surface area contributed by atoms with Crippen molar-refractivity contribution in [3.8, 4) is 0 Å². The Hall–Kier alpha value is -0.530. The third-order valence-corrected chi connectivity index (χ3v) is 9.89. The van der Waals surface area contributed by atoms with E-state index in [0.29, 0.717) is 19.8 Å². The maximum absolute atomic E-state index is 12.1. The second-order valence-electron chi connectivity index (χ2n) is 13.8. The molecule has 0 radical (unpaired) electrons. The Morgan fingerprint density at radius 3 is 1.33 bits per heavy atom. The predicted octanol–water partition coefficient (Wildman–Crippen LogP) is 12.6. The largest absolute Gasteiger partial charge is 0.472 e. The zero-order valence-corrected chi connectivity index (χ0v) is 33.3. The molecule has 8 heteroatoms. The fourth-order valence-electron chi connectivity index (χ4n) is 5.79. The summed E-state index contributed by atoms with van der Waals surface area (Å²) < 4.78 is 34.1. The van der Waals surface area contributed by atoms with Gasteiger partial charge in [0.15, 0.2) is 0 Å². The quantitative estimate of drug-likeness (QED) is 0.0369. The van der Waals surface area contributed by atoms with Crippen LogP contribution in [0.3, 0.4) is 0 Å². The standard InChI is InChI=1S/C41H82NO6P/c1-3-5-7-9-11-13-15-17-19-21-23-25-27-29-31-33-36-45-39-41(40-48-49(43,44)47-38-35-42)46-37-34-32-30-28-26-24-22-20-18-16-14-12-10-8-6-4-2/h17-20,41H,3-16,21-40,42H2,1-2H3,(H,43,44)/b19-17-,20-18-. The van der Waals surface area contributed by atoms with Gasteiger partial charge in [0.1, 0.15) is 6.10 Å². The average molecular weight is 716 g/mol. The first-order valence-corrected chi connectivity index (χ1v) is 22.4. The minimum Gasteiger partial charge on any atom is -0.379 e. The van der Waals surface area contributed by atoms with Crippen LogP contribution in [0.2, 0.25) is 0 Å². The number of ether oxygens (including phenoxy) is 2. The molecule has 0 saturated carbocycles. The molecule has 0 aromatic carbocycles. The van der Waals surface area contributed by atoms with Crippen molar-refractivity contribution in [1.29, 1.82) is 0 Å². The average Bonchev–Trinajstić information content (AvgIpc) is 3.10. The molecule has 2 unspecified atom stereocenters. The number of hydrogen-bond acceptors (Lipinski definition) is 6. The van der Waals surface area contributed by atoms with Gasteiger partial charge in [-0.3, -0.25) is 9.05 Å². The summed E-state index contributed by atoms with van der Waals surface area (Å²) in [5.41, 5.74) is 5.39. The normalized spacial score (nSPS) is 14.0. The van der Waals surface area contributed by atoms with Crippen LogP contribution in [0.1, 0.15) is 194 Å². The van der Waals surface area contributed by atoms with Crippen molar-refractivity contribution in [1.82, 2.24) is 0 Å². The summed E-state index contributed by atoms with van der Waals surface area (Å²) in [5, 5.41) is 0. The lowest BCUT2D eigenvalue weighted by atomic mass is 10.1. The van der Waals surface area contributed by atoms with E-state index in [1.807, 2.05) is 0 Å². The third kappa shape index (κ3) is 40.1. The van der Waals surface area contributed by atoms with Crippen LogP contribution in [0.25, 0.3) is 0 Å². The lowest BCUT2D eigenvalue weighted by molar-refractivity contribution is -0.0443. The Bertz CT molecular complexity index is 750. The fourth-order valence-corrected chi connectivity index (χ4v) is 6.56. The Kier molecular flexibility index (Phi) is 39.8. The summed E-state index contributed by atoms with van der Waals surface area (Å²) in [5.74, 6) is 0.